The first-order valence-electron chi connectivity index (χ1n) is 9.77. The third-order valence-corrected chi connectivity index (χ3v) is 5.27. The van der Waals surface area contributed by atoms with E-state index in [1.807, 2.05) is 42.5 Å². The molecule has 29 heavy (non-hydrogen) atoms. The van der Waals surface area contributed by atoms with Gasteiger partial charge in [0.15, 0.2) is 0 Å². The molecule has 5 heteroatoms. The SMILES string of the molecule is O=C(NCc1cccc(-c2ccc(F)cc2)c1)Nc1cccc2c1CC(O)CC2. The summed E-state index contributed by atoms with van der Waals surface area (Å²) < 4.78 is 13.1. The van der Waals surface area contributed by atoms with Crippen molar-refractivity contribution in [3.05, 3.63) is 89.2 Å². The van der Waals surface area contributed by atoms with Crippen molar-refractivity contribution < 1.29 is 14.3 Å². The molecule has 0 heterocycles. The van der Waals surface area contributed by atoms with Crippen molar-refractivity contribution in [1.29, 1.82) is 0 Å². The number of halogens is 1. The fourth-order valence-electron chi connectivity index (χ4n) is 3.74. The molecule has 2 amide bonds. The van der Waals surface area contributed by atoms with Gasteiger partial charge in [-0.3, -0.25) is 0 Å². The molecule has 0 spiro atoms. The normalized spacial score (nSPS) is 15.4. The van der Waals surface area contributed by atoms with Crippen molar-refractivity contribution in [1.82, 2.24) is 5.32 Å². The summed E-state index contributed by atoms with van der Waals surface area (Å²) in [4.78, 5) is 12.4. The number of rotatable bonds is 4. The monoisotopic (exact) mass is 390 g/mol. The molecule has 0 bridgehead atoms. The Labute approximate surface area is 169 Å². The predicted molar refractivity (Wildman–Crippen MR) is 112 cm³/mol. The Bertz CT molecular complexity index is 1020. The van der Waals surface area contributed by atoms with Gasteiger partial charge in [0.1, 0.15) is 5.82 Å². The number of aliphatic hydroxyl groups excluding tert-OH is 1. The molecule has 3 aromatic rings. The first kappa shape index (κ1) is 19.2. The summed E-state index contributed by atoms with van der Waals surface area (Å²) in [6.07, 6.45) is 1.78. The van der Waals surface area contributed by atoms with E-state index in [0.29, 0.717) is 13.0 Å². The van der Waals surface area contributed by atoms with Gasteiger partial charge in [0.05, 0.1) is 6.10 Å². The van der Waals surface area contributed by atoms with Gasteiger partial charge < -0.3 is 15.7 Å². The number of aryl methyl sites for hydroxylation is 1. The summed E-state index contributed by atoms with van der Waals surface area (Å²) in [5.41, 5.74) is 5.79. The molecule has 1 aliphatic carbocycles. The molecule has 0 radical (unpaired) electrons. The van der Waals surface area contributed by atoms with Gasteiger partial charge in [0.2, 0.25) is 0 Å². The Balaban J connectivity index is 1.41. The lowest BCUT2D eigenvalue weighted by Crippen LogP contribution is -2.29. The summed E-state index contributed by atoms with van der Waals surface area (Å²) in [6.45, 7) is 0.374. The fraction of sp³-hybridized carbons (Fsp3) is 0.208. The van der Waals surface area contributed by atoms with E-state index in [9.17, 15) is 14.3 Å². The Morgan fingerprint density at radius 2 is 1.83 bits per heavy atom. The van der Waals surface area contributed by atoms with E-state index < -0.39 is 0 Å². The Kier molecular flexibility index (Phi) is 5.58. The minimum Gasteiger partial charge on any atom is -0.393 e. The molecule has 1 atom stereocenters. The fourth-order valence-corrected chi connectivity index (χ4v) is 3.74. The molecule has 148 valence electrons. The number of urea groups is 1. The maximum atomic E-state index is 13.1. The minimum absolute atomic E-state index is 0.265. The van der Waals surface area contributed by atoms with E-state index >= 15 is 0 Å². The Morgan fingerprint density at radius 1 is 1.03 bits per heavy atom. The van der Waals surface area contributed by atoms with Gasteiger partial charge in [0, 0.05) is 18.7 Å². The number of carbonyl (C=O) groups excluding carboxylic acids is 1. The number of anilines is 1. The van der Waals surface area contributed by atoms with E-state index in [0.717, 1.165) is 40.8 Å². The summed E-state index contributed by atoms with van der Waals surface area (Å²) >= 11 is 0. The topological polar surface area (TPSA) is 61.4 Å². The lowest BCUT2D eigenvalue weighted by Gasteiger charge is -2.23. The second-order valence-corrected chi connectivity index (χ2v) is 7.35. The van der Waals surface area contributed by atoms with Crippen molar-refractivity contribution >= 4 is 11.7 Å². The van der Waals surface area contributed by atoms with E-state index in [-0.39, 0.29) is 18.0 Å². The zero-order valence-electron chi connectivity index (χ0n) is 16.0. The number of amides is 2. The molecule has 3 N–H and O–H groups in total. The van der Waals surface area contributed by atoms with Crippen LogP contribution < -0.4 is 10.6 Å². The highest BCUT2D eigenvalue weighted by Crippen LogP contribution is 2.28. The second kappa shape index (κ2) is 8.45. The van der Waals surface area contributed by atoms with Crippen LogP contribution >= 0.6 is 0 Å². The summed E-state index contributed by atoms with van der Waals surface area (Å²) in [5, 5.41) is 15.7. The number of benzene rings is 3. The number of aliphatic hydroxyl groups is 1. The first-order chi connectivity index (χ1) is 14.1. The molecule has 0 saturated carbocycles. The van der Waals surface area contributed by atoms with Gasteiger partial charge >= 0.3 is 6.03 Å². The van der Waals surface area contributed by atoms with Crippen LogP contribution in [0.5, 0.6) is 0 Å². The Hall–Kier alpha value is -3.18. The van der Waals surface area contributed by atoms with Crippen LogP contribution in [0.1, 0.15) is 23.1 Å². The molecule has 1 aliphatic rings. The molecule has 3 aromatic carbocycles. The highest BCUT2D eigenvalue weighted by atomic mass is 19.1. The molecule has 4 rings (SSSR count). The van der Waals surface area contributed by atoms with Gasteiger partial charge in [-0.05, 0) is 64.9 Å². The predicted octanol–water partition coefficient (Wildman–Crippen LogP) is 4.66. The Morgan fingerprint density at radius 3 is 2.66 bits per heavy atom. The van der Waals surface area contributed by atoms with Gasteiger partial charge in [0.25, 0.3) is 0 Å². The molecular formula is C24H23FN2O2. The largest absolute Gasteiger partial charge is 0.393 e. The number of nitrogens with one attached hydrogen (secondary N) is 2. The van der Waals surface area contributed by atoms with Crippen LogP contribution in [-0.2, 0) is 19.4 Å². The molecular weight excluding hydrogens is 367 g/mol. The highest BCUT2D eigenvalue weighted by molar-refractivity contribution is 5.90. The lowest BCUT2D eigenvalue weighted by molar-refractivity contribution is 0.159. The van der Waals surface area contributed by atoms with Crippen LogP contribution in [-0.4, -0.2) is 17.2 Å². The third-order valence-electron chi connectivity index (χ3n) is 5.27. The molecule has 0 saturated heterocycles. The van der Waals surface area contributed by atoms with Crippen LogP contribution in [0.25, 0.3) is 11.1 Å². The van der Waals surface area contributed by atoms with E-state index in [4.69, 9.17) is 0 Å². The smallest absolute Gasteiger partial charge is 0.319 e. The van der Waals surface area contributed by atoms with E-state index in [2.05, 4.69) is 10.6 Å². The van der Waals surface area contributed by atoms with E-state index in [1.54, 1.807) is 12.1 Å². The molecule has 0 aromatic heterocycles. The minimum atomic E-state index is -0.359. The summed E-state index contributed by atoms with van der Waals surface area (Å²) in [6, 6.07) is 19.7. The molecule has 4 nitrogen and oxygen atoms in total. The summed E-state index contributed by atoms with van der Waals surface area (Å²) in [5.74, 6) is -0.265. The van der Waals surface area contributed by atoms with E-state index in [1.165, 1.54) is 17.7 Å². The number of fused-ring (bicyclic) bond motifs is 1. The maximum absolute atomic E-state index is 13.1. The number of hydrogen-bond acceptors (Lipinski definition) is 2. The average Bonchev–Trinajstić information content (AvgIpc) is 2.73. The van der Waals surface area contributed by atoms with Gasteiger partial charge in [-0.2, -0.15) is 0 Å². The van der Waals surface area contributed by atoms with Crippen LogP contribution in [0.2, 0.25) is 0 Å². The van der Waals surface area contributed by atoms with Crippen LogP contribution in [0.3, 0.4) is 0 Å². The zero-order chi connectivity index (χ0) is 20.2. The quantitative estimate of drug-likeness (QED) is 0.607. The van der Waals surface area contributed by atoms with Crippen LogP contribution in [0, 0.1) is 5.82 Å². The van der Waals surface area contributed by atoms with Crippen molar-refractivity contribution in [2.24, 2.45) is 0 Å². The van der Waals surface area contributed by atoms with Crippen molar-refractivity contribution in [2.45, 2.75) is 31.9 Å². The average molecular weight is 390 g/mol. The second-order valence-electron chi connectivity index (χ2n) is 7.35. The van der Waals surface area contributed by atoms with Crippen molar-refractivity contribution in [3.63, 3.8) is 0 Å². The van der Waals surface area contributed by atoms with Crippen molar-refractivity contribution in [3.8, 4) is 11.1 Å². The summed E-state index contributed by atoms with van der Waals surface area (Å²) in [7, 11) is 0. The third kappa shape index (κ3) is 4.63. The zero-order valence-corrected chi connectivity index (χ0v) is 16.0. The molecule has 0 fully saturated rings. The lowest BCUT2D eigenvalue weighted by atomic mass is 9.88. The van der Waals surface area contributed by atoms with Gasteiger partial charge in [-0.15, -0.1) is 0 Å². The van der Waals surface area contributed by atoms with Crippen LogP contribution in [0.15, 0.2) is 66.7 Å². The van der Waals surface area contributed by atoms with Gasteiger partial charge in [-0.25, -0.2) is 9.18 Å². The number of carbonyl (C=O) groups is 1. The highest BCUT2D eigenvalue weighted by Gasteiger charge is 2.19. The maximum Gasteiger partial charge on any atom is 0.319 e. The molecule has 0 aliphatic heterocycles. The number of hydrogen-bond donors (Lipinski definition) is 3. The van der Waals surface area contributed by atoms with Crippen molar-refractivity contribution in [2.75, 3.05) is 5.32 Å². The standard InChI is InChI=1S/C24H23FN2O2/c25-20-10-7-17(8-11-20)19-5-1-3-16(13-19)15-26-24(29)27-23-6-2-4-18-9-12-21(28)14-22(18)23/h1-8,10-11,13,21,28H,9,12,14-15H2,(H2,26,27,29). The van der Waals surface area contributed by atoms with Crippen LogP contribution in [0.4, 0.5) is 14.9 Å². The first-order valence-corrected chi connectivity index (χ1v) is 9.77. The van der Waals surface area contributed by atoms with Gasteiger partial charge in [-0.1, -0.05) is 42.5 Å². The molecule has 1 unspecified atom stereocenters.